The first-order chi connectivity index (χ1) is 10.1. The van der Waals surface area contributed by atoms with Gasteiger partial charge < -0.3 is 5.11 Å². The van der Waals surface area contributed by atoms with Gasteiger partial charge in [0.1, 0.15) is 0 Å². The molecule has 110 valence electrons. The van der Waals surface area contributed by atoms with Crippen LogP contribution in [0.4, 0.5) is 0 Å². The Labute approximate surface area is 130 Å². The van der Waals surface area contributed by atoms with Crippen molar-refractivity contribution < 1.29 is 9.90 Å². The summed E-state index contributed by atoms with van der Waals surface area (Å²) in [7, 11) is 0. The zero-order valence-electron chi connectivity index (χ0n) is 12.1. The van der Waals surface area contributed by atoms with Crippen molar-refractivity contribution in [3.63, 3.8) is 0 Å². The number of hydrogen-bond acceptors (Lipinski definition) is 1. The van der Waals surface area contributed by atoms with E-state index in [1.54, 1.807) is 6.07 Å². The van der Waals surface area contributed by atoms with Gasteiger partial charge in [0.2, 0.25) is 0 Å². The van der Waals surface area contributed by atoms with E-state index in [1.807, 2.05) is 30.3 Å². The first kappa shape index (κ1) is 15.6. The van der Waals surface area contributed by atoms with E-state index >= 15 is 0 Å². The van der Waals surface area contributed by atoms with Crippen molar-refractivity contribution in [3.8, 4) is 0 Å². The smallest absolute Gasteiger partial charge is 0.307 e. The van der Waals surface area contributed by atoms with Crippen LogP contribution in [-0.4, -0.2) is 11.1 Å². The molecule has 0 aromatic heterocycles. The number of aliphatic carboxylic acids is 1. The molecule has 2 nitrogen and oxygen atoms in total. The molecule has 1 N–H and O–H groups in total. The lowest BCUT2D eigenvalue weighted by atomic mass is 9.92. The average Bonchev–Trinajstić information content (AvgIpc) is 2.47. The average molecular weight is 303 g/mol. The zero-order valence-corrected chi connectivity index (χ0v) is 12.8. The Kier molecular flexibility index (Phi) is 5.40. The van der Waals surface area contributed by atoms with E-state index in [4.69, 9.17) is 11.6 Å². The number of carboxylic acids is 1. The third kappa shape index (κ3) is 4.61. The summed E-state index contributed by atoms with van der Waals surface area (Å²) in [5.74, 6) is -1.20. The van der Waals surface area contributed by atoms with Crippen LogP contribution in [-0.2, 0) is 24.1 Å². The summed E-state index contributed by atoms with van der Waals surface area (Å²) in [6.45, 7) is 2.11. The highest BCUT2D eigenvalue weighted by atomic mass is 35.5. The fraction of sp³-hybridized carbons (Fsp3) is 0.278. The van der Waals surface area contributed by atoms with Crippen molar-refractivity contribution in [1.82, 2.24) is 0 Å². The largest absolute Gasteiger partial charge is 0.481 e. The topological polar surface area (TPSA) is 37.3 Å². The lowest BCUT2D eigenvalue weighted by Crippen LogP contribution is -2.19. The fourth-order valence-electron chi connectivity index (χ4n) is 2.39. The Hall–Kier alpha value is -1.80. The summed E-state index contributed by atoms with van der Waals surface area (Å²) in [4.78, 5) is 11.5. The summed E-state index contributed by atoms with van der Waals surface area (Å²) in [5.41, 5.74) is 3.28. The molecule has 0 aliphatic carbocycles. The molecule has 0 aliphatic heterocycles. The van der Waals surface area contributed by atoms with Crippen molar-refractivity contribution >= 4 is 17.6 Å². The summed E-state index contributed by atoms with van der Waals surface area (Å²) >= 11 is 5.95. The normalized spacial score (nSPS) is 12.1. The van der Waals surface area contributed by atoms with Crippen LogP contribution in [0, 0.1) is 5.92 Å². The molecule has 1 unspecified atom stereocenters. The number of rotatable bonds is 6. The molecule has 0 saturated carbocycles. The SMILES string of the molecule is CCc1ccc(CC(Cc2cccc(Cl)c2)C(=O)O)cc1. The Balaban J connectivity index is 2.10. The van der Waals surface area contributed by atoms with E-state index in [0.717, 1.165) is 17.5 Å². The van der Waals surface area contributed by atoms with Crippen LogP contribution < -0.4 is 0 Å². The van der Waals surface area contributed by atoms with Gasteiger partial charge in [0, 0.05) is 5.02 Å². The van der Waals surface area contributed by atoms with Gasteiger partial charge in [0.05, 0.1) is 5.92 Å². The van der Waals surface area contributed by atoms with Gasteiger partial charge in [0.25, 0.3) is 0 Å². The predicted molar refractivity (Wildman–Crippen MR) is 85.8 cm³/mol. The highest BCUT2D eigenvalue weighted by Crippen LogP contribution is 2.18. The van der Waals surface area contributed by atoms with Gasteiger partial charge >= 0.3 is 5.97 Å². The van der Waals surface area contributed by atoms with Crippen LogP contribution in [0.1, 0.15) is 23.6 Å². The second kappa shape index (κ2) is 7.28. The Morgan fingerprint density at radius 3 is 2.24 bits per heavy atom. The lowest BCUT2D eigenvalue weighted by molar-refractivity contribution is -0.141. The van der Waals surface area contributed by atoms with Crippen LogP contribution in [0.15, 0.2) is 48.5 Å². The molecule has 21 heavy (non-hydrogen) atoms. The molecule has 0 bridgehead atoms. The van der Waals surface area contributed by atoms with E-state index in [9.17, 15) is 9.90 Å². The van der Waals surface area contributed by atoms with Crippen molar-refractivity contribution in [1.29, 1.82) is 0 Å². The summed E-state index contributed by atoms with van der Waals surface area (Å²) in [5, 5.41) is 10.1. The second-order valence-electron chi connectivity index (χ2n) is 5.24. The van der Waals surface area contributed by atoms with Crippen molar-refractivity contribution in [2.45, 2.75) is 26.2 Å². The molecule has 0 saturated heterocycles. The number of carbonyl (C=O) groups is 1. The van der Waals surface area contributed by atoms with Crippen molar-refractivity contribution in [2.24, 2.45) is 5.92 Å². The Morgan fingerprint density at radius 1 is 1.05 bits per heavy atom. The molecule has 2 rings (SSSR count). The molecule has 0 heterocycles. The maximum Gasteiger partial charge on any atom is 0.307 e. The lowest BCUT2D eigenvalue weighted by Gasteiger charge is -2.13. The monoisotopic (exact) mass is 302 g/mol. The van der Waals surface area contributed by atoms with Crippen LogP contribution in [0.2, 0.25) is 5.02 Å². The zero-order chi connectivity index (χ0) is 15.2. The summed E-state index contributed by atoms with van der Waals surface area (Å²) < 4.78 is 0. The Morgan fingerprint density at radius 2 is 1.67 bits per heavy atom. The standard InChI is InChI=1S/C18H19ClO2/c1-2-13-6-8-14(9-7-13)10-16(18(20)21)11-15-4-3-5-17(19)12-15/h3-9,12,16H,2,10-11H2,1H3,(H,20,21). The number of carboxylic acid groups (broad SMARTS) is 1. The van der Waals surface area contributed by atoms with Gasteiger partial charge in [0.15, 0.2) is 0 Å². The van der Waals surface area contributed by atoms with Crippen LogP contribution in [0.3, 0.4) is 0 Å². The molecule has 0 spiro atoms. The second-order valence-corrected chi connectivity index (χ2v) is 5.68. The van der Waals surface area contributed by atoms with Gasteiger partial charge in [-0.25, -0.2) is 0 Å². The molecule has 0 radical (unpaired) electrons. The van der Waals surface area contributed by atoms with Crippen molar-refractivity contribution in [2.75, 3.05) is 0 Å². The van der Waals surface area contributed by atoms with Gasteiger partial charge in [-0.1, -0.05) is 54.9 Å². The third-order valence-electron chi connectivity index (χ3n) is 3.63. The van der Waals surface area contributed by atoms with Crippen LogP contribution in [0.5, 0.6) is 0 Å². The third-order valence-corrected chi connectivity index (χ3v) is 3.87. The molecule has 2 aromatic carbocycles. The van der Waals surface area contributed by atoms with Gasteiger partial charge in [-0.2, -0.15) is 0 Å². The van der Waals surface area contributed by atoms with Crippen LogP contribution in [0.25, 0.3) is 0 Å². The molecule has 3 heteroatoms. The minimum Gasteiger partial charge on any atom is -0.481 e. The maximum atomic E-state index is 11.5. The molecule has 0 fully saturated rings. The first-order valence-electron chi connectivity index (χ1n) is 7.13. The van der Waals surface area contributed by atoms with E-state index in [1.165, 1.54) is 5.56 Å². The molecule has 1 atom stereocenters. The summed E-state index contributed by atoms with van der Waals surface area (Å²) in [6.07, 6.45) is 2.02. The minimum absolute atomic E-state index is 0.434. The predicted octanol–water partition coefficient (Wildman–Crippen LogP) is 4.39. The highest BCUT2D eigenvalue weighted by Gasteiger charge is 2.18. The van der Waals surface area contributed by atoms with Crippen molar-refractivity contribution in [3.05, 3.63) is 70.2 Å². The van der Waals surface area contributed by atoms with Gasteiger partial charge in [-0.3, -0.25) is 4.79 Å². The first-order valence-corrected chi connectivity index (χ1v) is 7.51. The van der Waals surface area contributed by atoms with E-state index in [-0.39, 0.29) is 0 Å². The molecule has 2 aromatic rings. The number of benzene rings is 2. The molecular weight excluding hydrogens is 284 g/mol. The highest BCUT2D eigenvalue weighted by molar-refractivity contribution is 6.30. The fourth-order valence-corrected chi connectivity index (χ4v) is 2.60. The maximum absolute atomic E-state index is 11.5. The number of halogens is 1. The van der Waals surface area contributed by atoms with E-state index in [0.29, 0.717) is 17.9 Å². The molecule has 0 aliphatic rings. The number of aryl methyl sites for hydroxylation is 1. The van der Waals surface area contributed by atoms with Crippen LogP contribution >= 0.6 is 11.6 Å². The Bertz CT molecular complexity index is 605. The van der Waals surface area contributed by atoms with Gasteiger partial charge in [-0.15, -0.1) is 0 Å². The van der Waals surface area contributed by atoms with E-state index < -0.39 is 11.9 Å². The minimum atomic E-state index is -0.769. The quantitative estimate of drug-likeness (QED) is 0.859. The molecule has 0 amide bonds. The number of hydrogen-bond donors (Lipinski definition) is 1. The van der Waals surface area contributed by atoms with E-state index in [2.05, 4.69) is 19.1 Å². The summed E-state index contributed by atoms with van der Waals surface area (Å²) in [6, 6.07) is 15.6. The molecular formula is C18H19ClO2. The van der Waals surface area contributed by atoms with Gasteiger partial charge in [-0.05, 0) is 48.1 Å².